The molecule has 0 spiro atoms. The molecular formula is C20H31FN6O5S. The molecule has 2 aromatic heterocycles. The zero-order chi connectivity index (χ0) is 24.2. The lowest BCUT2D eigenvalue weighted by molar-refractivity contribution is 0.0406. The Kier molecular flexibility index (Phi) is 8.32. The Bertz CT molecular complexity index is 1010. The summed E-state index contributed by atoms with van der Waals surface area (Å²) < 4.78 is 60.5. The second-order valence-corrected chi connectivity index (χ2v) is 10.3. The van der Waals surface area contributed by atoms with Crippen molar-refractivity contribution in [3.05, 3.63) is 29.9 Å². The summed E-state index contributed by atoms with van der Waals surface area (Å²) in [5.74, 6) is -0.413. The van der Waals surface area contributed by atoms with Crippen molar-refractivity contribution in [1.29, 1.82) is 0 Å². The van der Waals surface area contributed by atoms with Gasteiger partial charge in [0.25, 0.3) is 0 Å². The van der Waals surface area contributed by atoms with E-state index in [2.05, 4.69) is 24.9 Å². The van der Waals surface area contributed by atoms with E-state index in [0.29, 0.717) is 5.82 Å². The molecule has 3 rings (SSSR count). The first kappa shape index (κ1) is 25.4. The number of nitrogens with one attached hydrogen (secondary N) is 1. The van der Waals surface area contributed by atoms with Gasteiger partial charge < -0.3 is 14.2 Å². The number of hydrogen-bond donors (Lipinski definition) is 1. The van der Waals surface area contributed by atoms with Crippen molar-refractivity contribution in [3.63, 3.8) is 0 Å². The van der Waals surface area contributed by atoms with Crippen LogP contribution < -0.4 is 4.72 Å². The summed E-state index contributed by atoms with van der Waals surface area (Å²) in [6.07, 6.45) is 3.39. The van der Waals surface area contributed by atoms with Crippen molar-refractivity contribution in [1.82, 2.24) is 24.7 Å². The third kappa shape index (κ3) is 5.83. The number of hydrogen-bond acceptors (Lipinski definition) is 9. The summed E-state index contributed by atoms with van der Waals surface area (Å²) >= 11 is 0. The molecule has 2 aromatic rings. The Labute approximate surface area is 193 Å². The summed E-state index contributed by atoms with van der Waals surface area (Å²) in [4.78, 5) is 7.83. The molecule has 0 radical (unpaired) electrons. The monoisotopic (exact) mass is 486 g/mol. The molecule has 11 nitrogen and oxygen atoms in total. The lowest BCUT2D eigenvalue weighted by atomic mass is 10.1. The number of rotatable bonds is 11. The van der Waals surface area contributed by atoms with Crippen molar-refractivity contribution in [2.45, 2.75) is 63.0 Å². The number of methoxy groups -OCH3 is 2. The lowest BCUT2D eigenvalue weighted by Gasteiger charge is -2.24. The van der Waals surface area contributed by atoms with Crippen LogP contribution >= 0.6 is 0 Å². The molecule has 1 saturated heterocycles. The van der Waals surface area contributed by atoms with Gasteiger partial charge in [0.15, 0.2) is 11.6 Å². The maximum Gasteiger partial charge on any atom is 0.238 e. The van der Waals surface area contributed by atoms with E-state index in [-0.39, 0.29) is 43.2 Å². The van der Waals surface area contributed by atoms with E-state index in [9.17, 15) is 12.8 Å². The fraction of sp³-hybridized carbons (Fsp3) is 0.700. The molecule has 4 atom stereocenters. The summed E-state index contributed by atoms with van der Waals surface area (Å²) in [7, 11) is -0.842. The Morgan fingerprint density at radius 2 is 1.82 bits per heavy atom. The summed E-state index contributed by atoms with van der Waals surface area (Å²) in [5, 5.41) is 7.45. The van der Waals surface area contributed by atoms with Gasteiger partial charge in [-0.05, 0) is 26.7 Å². The van der Waals surface area contributed by atoms with Gasteiger partial charge in [-0.15, -0.1) is 10.2 Å². The zero-order valence-electron chi connectivity index (χ0n) is 19.4. The highest BCUT2D eigenvalue weighted by Crippen LogP contribution is 2.34. The van der Waals surface area contributed by atoms with Crippen LogP contribution in [0.25, 0.3) is 0 Å². The normalized spacial score (nSPS) is 20.8. The summed E-state index contributed by atoms with van der Waals surface area (Å²) in [6.45, 7) is 5.69. The number of halogens is 1. The van der Waals surface area contributed by atoms with Gasteiger partial charge in [0, 0.05) is 20.1 Å². The van der Waals surface area contributed by atoms with Gasteiger partial charge in [-0.2, -0.15) is 0 Å². The highest BCUT2D eigenvalue weighted by Gasteiger charge is 2.35. The zero-order valence-corrected chi connectivity index (χ0v) is 20.2. The number of ether oxygens (including phenoxy) is 3. The molecular weight excluding hydrogens is 455 g/mol. The second kappa shape index (κ2) is 10.8. The van der Waals surface area contributed by atoms with E-state index in [0.717, 1.165) is 25.2 Å². The van der Waals surface area contributed by atoms with E-state index in [1.165, 1.54) is 6.92 Å². The maximum absolute atomic E-state index is 13.2. The molecule has 0 unspecified atom stereocenters. The van der Waals surface area contributed by atoms with Gasteiger partial charge in [-0.1, -0.05) is 6.92 Å². The minimum atomic E-state index is -3.95. The predicted molar refractivity (Wildman–Crippen MR) is 118 cm³/mol. The van der Waals surface area contributed by atoms with Crippen molar-refractivity contribution in [2.75, 3.05) is 32.2 Å². The highest BCUT2D eigenvalue weighted by molar-refractivity contribution is 7.93. The Morgan fingerprint density at radius 3 is 2.36 bits per heavy atom. The number of sulfonamides is 1. The first-order chi connectivity index (χ1) is 15.7. The van der Waals surface area contributed by atoms with Crippen LogP contribution in [-0.4, -0.2) is 71.9 Å². The van der Waals surface area contributed by atoms with Crippen LogP contribution in [0.1, 0.15) is 63.3 Å². The third-order valence-electron chi connectivity index (χ3n) is 5.80. The Morgan fingerprint density at radius 1 is 1.18 bits per heavy atom. The maximum atomic E-state index is 13.2. The molecule has 184 valence electrons. The van der Waals surface area contributed by atoms with Crippen LogP contribution in [0.15, 0.2) is 12.4 Å². The van der Waals surface area contributed by atoms with Crippen LogP contribution in [0.4, 0.5) is 10.3 Å². The molecule has 3 heterocycles. The van der Waals surface area contributed by atoms with Gasteiger partial charge in [0.2, 0.25) is 16.0 Å². The van der Waals surface area contributed by atoms with Crippen LogP contribution in [0.3, 0.4) is 0 Å². The number of anilines is 1. The fourth-order valence-electron chi connectivity index (χ4n) is 3.78. The molecule has 0 amide bonds. The topological polar surface area (TPSA) is 130 Å². The minimum Gasteiger partial charge on any atom is -0.382 e. The molecule has 1 fully saturated rings. The standard InChI is InChI=1S/C20H31FN6O5S/c1-12-6-7-17(32-12)19-24-25-20(27(19)16(10-30-4)11-31-5)26-33(28,29)14(3)13(2)18-22-8-15(21)9-23-18/h8-9,12-14,16-17H,6-7,10-11H2,1-5H3,(H,25,26)/t12-,13-,14-,17-/m0/s1. The molecule has 0 bridgehead atoms. The number of nitrogens with zero attached hydrogens (tertiary/aromatic N) is 5. The fourth-order valence-corrected chi connectivity index (χ4v) is 5.02. The molecule has 0 aliphatic carbocycles. The SMILES string of the molecule is COCC(COC)n1c(NS(=O)(=O)[C@@H](C)[C@H](C)c2ncc(F)cn2)nnc1[C@@H]1CC[C@H](C)O1. The molecule has 1 aliphatic heterocycles. The van der Waals surface area contributed by atoms with Crippen molar-refractivity contribution >= 4 is 16.0 Å². The van der Waals surface area contributed by atoms with E-state index in [1.807, 2.05) is 6.92 Å². The predicted octanol–water partition coefficient (Wildman–Crippen LogP) is 2.21. The number of aromatic nitrogens is 5. The van der Waals surface area contributed by atoms with Gasteiger partial charge in [-0.25, -0.2) is 22.8 Å². The average molecular weight is 487 g/mol. The molecule has 0 aromatic carbocycles. The van der Waals surface area contributed by atoms with Gasteiger partial charge >= 0.3 is 0 Å². The smallest absolute Gasteiger partial charge is 0.238 e. The quantitative estimate of drug-likeness (QED) is 0.508. The molecule has 13 heteroatoms. The summed E-state index contributed by atoms with van der Waals surface area (Å²) in [6, 6.07) is -0.379. The summed E-state index contributed by atoms with van der Waals surface area (Å²) in [5.41, 5.74) is 0. The Balaban J connectivity index is 1.92. The Hall–Kier alpha value is -2.22. The van der Waals surface area contributed by atoms with Crippen LogP contribution in [-0.2, 0) is 24.2 Å². The van der Waals surface area contributed by atoms with Crippen molar-refractivity contribution in [3.8, 4) is 0 Å². The van der Waals surface area contributed by atoms with E-state index >= 15 is 0 Å². The van der Waals surface area contributed by atoms with Gasteiger partial charge in [-0.3, -0.25) is 9.29 Å². The molecule has 0 saturated carbocycles. The first-order valence-corrected chi connectivity index (χ1v) is 12.3. The minimum absolute atomic E-state index is 0.0475. The molecule has 1 aliphatic rings. The second-order valence-electron chi connectivity index (χ2n) is 8.23. The largest absolute Gasteiger partial charge is 0.382 e. The lowest BCUT2D eigenvalue weighted by Crippen LogP contribution is -2.33. The van der Waals surface area contributed by atoms with Gasteiger partial charge in [0.05, 0.1) is 43.0 Å². The van der Waals surface area contributed by atoms with E-state index < -0.39 is 27.0 Å². The highest BCUT2D eigenvalue weighted by atomic mass is 32.2. The van der Waals surface area contributed by atoms with E-state index in [1.54, 1.807) is 25.7 Å². The van der Waals surface area contributed by atoms with Crippen LogP contribution in [0.2, 0.25) is 0 Å². The van der Waals surface area contributed by atoms with Crippen LogP contribution in [0, 0.1) is 5.82 Å². The third-order valence-corrected chi connectivity index (χ3v) is 7.65. The average Bonchev–Trinajstić information content (AvgIpc) is 3.38. The van der Waals surface area contributed by atoms with E-state index in [4.69, 9.17) is 14.2 Å². The first-order valence-electron chi connectivity index (χ1n) is 10.7. The van der Waals surface area contributed by atoms with Crippen molar-refractivity contribution in [2.24, 2.45) is 0 Å². The van der Waals surface area contributed by atoms with Gasteiger partial charge in [0.1, 0.15) is 11.9 Å². The van der Waals surface area contributed by atoms with Crippen LogP contribution in [0.5, 0.6) is 0 Å². The van der Waals surface area contributed by atoms with Crippen molar-refractivity contribution < 1.29 is 27.0 Å². The molecule has 33 heavy (non-hydrogen) atoms. The molecule has 1 N–H and O–H groups in total.